The lowest BCUT2D eigenvalue weighted by molar-refractivity contribution is -0.115. The molecule has 104 valence electrons. The molecule has 1 atom stereocenters. The lowest BCUT2D eigenvalue weighted by Crippen LogP contribution is -2.25. The summed E-state index contributed by atoms with van der Waals surface area (Å²) in [5, 5.41) is 3.25. The molecule has 2 nitrogen and oxygen atoms in total. The van der Waals surface area contributed by atoms with Crippen molar-refractivity contribution in [1.82, 2.24) is 0 Å². The molecule has 2 rings (SSSR count). The van der Waals surface area contributed by atoms with Crippen LogP contribution in [-0.2, 0) is 11.2 Å². The number of carbonyl (C=O) groups excluding carboxylic acids is 1. The van der Waals surface area contributed by atoms with Gasteiger partial charge in [0.25, 0.3) is 0 Å². The van der Waals surface area contributed by atoms with E-state index in [9.17, 15) is 4.79 Å². The van der Waals surface area contributed by atoms with Gasteiger partial charge in [0.05, 0.1) is 16.0 Å². The molecular formula is C15H13Cl2NOS. The number of rotatable bonds is 4. The van der Waals surface area contributed by atoms with E-state index in [0.717, 1.165) is 5.56 Å². The highest BCUT2D eigenvalue weighted by Gasteiger charge is 2.15. The molecule has 0 radical (unpaired) electrons. The SMILES string of the molecule is O=C(Nc1ccc(Cl)cc1Cl)C(S)Cc1ccccc1. The number of anilines is 1. The van der Waals surface area contributed by atoms with E-state index in [0.29, 0.717) is 22.2 Å². The first kappa shape index (κ1) is 15.2. The van der Waals surface area contributed by atoms with Crippen LogP contribution in [0.5, 0.6) is 0 Å². The molecule has 1 N–H and O–H groups in total. The Balaban J connectivity index is 2.01. The molecule has 1 unspecified atom stereocenters. The fourth-order valence-electron chi connectivity index (χ4n) is 1.74. The van der Waals surface area contributed by atoms with E-state index in [1.165, 1.54) is 0 Å². The summed E-state index contributed by atoms with van der Waals surface area (Å²) in [5.74, 6) is -0.193. The molecule has 0 fully saturated rings. The smallest absolute Gasteiger partial charge is 0.237 e. The molecule has 0 heterocycles. The van der Waals surface area contributed by atoms with Gasteiger partial charge in [-0.1, -0.05) is 53.5 Å². The van der Waals surface area contributed by atoms with Gasteiger partial charge in [0, 0.05) is 5.02 Å². The van der Waals surface area contributed by atoms with Crippen LogP contribution in [0.1, 0.15) is 5.56 Å². The number of hydrogen-bond acceptors (Lipinski definition) is 2. The van der Waals surface area contributed by atoms with Crippen molar-refractivity contribution in [3.63, 3.8) is 0 Å². The molecule has 0 aromatic heterocycles. The molecule has 0 bridgehead atoms. The minimum Gasteiger partial charge on any atom is -0.324 e. The van der Waals surface area contributed by atoms with Crippen LogP contribution in [0.2, 0.25) is 10.0 Å². The number of halogens is 2. The maximum atomic E-state index is 12.1. The van der Waals surface area contributed by atoms with Crippen LogP contribution < -0.4 is 5.32 Å². The topological polar surface area (TPSA) is 29.1 Å². The second kappa shape index (κ2) is 7.02. The molecule has 0 aliphatic rings. The Hall–Kier alpha value is -1.16. The Kier molecular flexibility index (Phi) is 5.35. The van der Waals surface area contributed by atoms with Crippen molar-refractivity contribution >= 4 is 47.4 Å². The monoisotopic (exact) mass is 325 g/mol. The van der Waals surface area contributed by atoms with Gasteiger partial charge in [-0.3, -0.25) is 4.79 Å². The van der Waals surface area contributed by atoms with Gasteiger partial charge < -0.3 is 5.32 Å². The average Bonchev–Trinajstić information content (AvgIpc) is 2.43. The number of hydrogen-bond donors (Lipinski definition) is 2. The van der Waals surface area contributed by atoms with E-state index in [-0.39, 0.29) is 5.91 Å². The van der Waals surface area contributed by atoms with Gasteiger partial charge in [0.15, 0.2) is 0 Å². The lowest BCUT2D eigenvalue weighted by Gasteiger charge is -2.12. The number of benzene rings is 2. The summed E-state index contributed by atoms with van der Waals surface area (Å²) in [4.78, 5) is 12.1. The van der Waals surface area contributed by atoms with Crippen molar-refractivity contribution in [3.05, 3.63) is 64.1 Å². The summed E-state index contributed by atoms with van der Waals surface area (Å²) in [5.41, 5.74) is 1.60. The number of amides is 1. The molecule has 2 aromatic carbocycles. The number of thiol groups is 1. The molecule has 2 aromatic rings. The Labute approximate surface area is 133 Å². The zero-order valence-electron chi connectivity index (χ0n) is 10.5. The Morgan fingerprint density at radius 3 is 2.50 bits per heavy atom. The Morgan fingerprint density at radius 1 is 1.15 bits per heavy atom. The van der Waals surface area contributed by atoms with E-state index in [2.05, 4.69) is 17.9 Å². The third kappa shape index (κ3) is 4.17. The second-order valence-electron chi connectivity index (χ2n) is 4.32. The van der Waals surface area contributed by atoms with Crippen LogP contribution in [-0.4, -0.2) is 11.2 Å². The summed E-state index contributed by atoms with van der Waals surface area (Å²) in [6, 6.07) is 14.7. The molecule has 0 saturated carbocycles. The Bertz CT molecular complexity index is 604. The largest absolute Gasteiger partial charge is 0.324 e. The standard InChI is InChI=1S/C15H13Cl2NOS/c16-11-6-7-13(12(17)9-11)18-15(19)14(20)8-10-4-2-1-3-5-10/h1-7,9,14,20H,8H2,(H,18,19). The van der Waals surface area contributed by atoms with Gasteiger partial charge >= 0.3 is 0 Å². The van der Waals surface area contributed by atoms with Crippen LogP contribution >= 0.6 is 35.8 Å². The van der Waals surface area contributed by atoms with Crippen molar-refractivity contribution in [1.29, 1.82) is 0 Å². The van der Waals surface area contributed by atoms with Crippen LogP contribution in [0.3, 0.4) is 0 Å². The molecule has 20 heavy (non-hydrogen) atoms. The van der Waals surface area contributed by atoms with E-state index in [1.807, 2.05) is 30.3 Å². The van der Waals surface area contributed by atoms with Gasteiger partial charge in [-0.15, -0.1) is 0 Å². The third-order valence-corrected chi connectivity index (χ3v) is 3.73. The molecule has 1 amide bonds. The average molecular weight is 326 g/mol. The summed E-state index contributed by atoms with van der Waals surface area (Å²) in [6.07, 6.45) is 0.557. The summed E-state index contributed by atoms with van der Waals surface area (Å²) in [6.45, 7) is 0. The van der Waals surface area contributed by atoms with Gasteiger partial charge in [0.1, 0.15) is 0 Å². The lowest BCUT2D eigenvalue weighted by atomic mass is 10.1. The van der Waals surface area contributed by atoms with Crippen molar-refractivity contribution in [2.24, 2.45) is 0 Å². The van der Waals surface area contributed by atoms with Crippen LogP contribution in [0.25, 0.3) is 0 Å². The minimum absolute atomic E-state index is 0.193. The van der Waals surface area contributed by atoms with Gasteiger partial charge in [-0.05, 0) is 30.2 Å². The van der Waals surface area contributed by atoms with Crippen molar-refractivity contribution in [2.75, 3.05) is 5.32 Å². The maximum absolute atomic E-state index is 12.1. The first-order valence-corrected chi connectivity index (χ1v) is 7.31. The third-order valence-electron chi connectivity index (χ3n) is 2.76. The van der Waals surface area contributed by atoms with E-state index in [1.54, 1.807) is 18.2 Å². The van der Waals surface area contributed by atoms with Crippen LogP contribution in [0.15, 0.2) is 48.5 Å². The number of nitrogens with one attached hydrogen (secondary N) is 1. The predicted octanol–water partition coefficient (Wildman–Crippen LogP) is 4.47. The first-order valence-electron chi connectivity index (χ1n) is 6.04. The van der Waals surface area contributed by atoms with Crippen LogP contribution in [0, 0.1) is 0 Å². The highest BCUT2D eigenvalue weighted by Crippen LogP contribution is 2.25. The Morgan fingerprint density at radius 2 is 1.85 bits per heavy atom. The summed E-state index contributed by atoms with van der Waals surface area (Å²) in [7, 11) is 0. The fourth-order valence-corrected chi connectivity index (χ4v) is 2.47. The summed E-state index contributed by atoms with van der Waals surface area (Å²) < 4.78 is 0. The molecule has 0 aliphatic carbocycles. The van der Waals surface area contributed by atoms with Gasteiger partial charge in [0.2, 0.25) is 5.91 Å². The molecule has 0 saturated heterocycles. The highest BCUT2D eigenvalue weighted by atomic mass is 35.5. The zero-order chi connectivity index (χ0) is 14.5. The molecule has 0 aliphatic heterocycles. The summed E-state index contributed by atoms with van der Waals surface area (Å²) >= 11 is 16.2. The first-order chi connectivity index (χ1) is 9.56. The van der Waals surface area contributed by atoms with Crippen molar-refractivity contribution in [3.8, 4) is 0 Å². The van der Waals surface area contributed by atoms with E-state index >= 15 is 0 Å². The van der Waals surface area contributed by atoms with Crippen molar-refractivity contribution in [2.45, 2.75) is 11.7 Å². The zero-order valence-corrected chi connectivity index (χ0v) is 12.9. The predicted molar refractivity (Wildman–Crippen MR) is 88.0 cm³/mol. The van der Waals surface area contributed by atoms with E-state index < -0.39 is 5.25 Å². The van der Waals surface area contributed by atoms with E-state index in [4.69, 9.17) is 23.2 Å². The van der Waals surface area contributed by atoms with Gasteiger partial charge in [-0.2, -0.15) is 12.6 Å². The van der Waals surface area contributed by atoms with Crippen molar-refractivity contribution < 1.29 is 4.79 Å². The normalized spacial score (nSPS) is 11.9. The molecular weight excluding hydrogens is 313 g/mol. The maximum Gasteiger partial charge on any atom is 0.237 e. The van der Waals surface area contributed by atoms with Crippen LogP contribution in [0.4, 0.5) is 5.69 Å². The number of carbonyl (C=O) groups is 1. The highest BCUT2D eigenvalue weighted by molar-refractivity contribution is 7.81. The van der Waals surface area contributed by atoms with Gasteiger partial charge in [-0.25, -0.2) is 0 Å². The quantitative estimate of drug-likeness (QED) is 0.798. The fraction of sp³-hybridized carbons (Fsp3) is 0.133. The molecule has 5 heteroatoms. The molecule has 0 spiro atoms. The minimum atomic E-state index is -0.441. The second-order valence-corrected chi connectivity index (χ2v) is 5.79.